The summed E-state index contributed by atoms with van der Waals surface area (Å²) >= 11 is 0. The lowest BCUT2D eigenvalue weighted by Gasteiger charge is -2.22. The van der Waals surface area contributed by atoms with Crippen molar-refractivity contribution in [2.75, 3.05) is 31.1 Å². The lowest BCUT2D eigenvalue weighted by Crippen LogP contribution is -2.29. The average Bonchev–Trinajstić information content (AvgIpc) is 2.88. The molecule has 0 bridgehead atoms. The maximum absolute atomic E-state index is 12.3. The number of benzene rings is 3. The van der Waals surface area contributed by atoms with Gasteiger partial charge >= 0.3 is 11.9 Å². The number of nitrogens with zero attached hydrogens (tertiary/aromatic N) is 2. The fourth-order valence-corrected chi connectivity index (χ4v) is 4.80. The van der Waals surface area contributed by atoms with Gasteiger partial charge in [-0.15, -0.1) is 0 Å². The van der Waals surface area contributed by atoms with Crippen LogP contribution in [0.2, 0.25) is 0 Å². The molecule has 2 N–H and O–H groups in total. The maximum Gasteiger partial charge on any atom is 0.336 e. The number of carboxylic acid groups (broad SMARTS) is 2. The fourth-order valence-electron chi connectivity index (χ4n) is 4.80. The zero-order chi connectivity index (χ0) is 26.0. The molecule has 0 radical (unpaired) electrons. The van der Waals surface area contributed by atoms with Crippen molar-refractivity contribution in [3.05, 3.63) is 71.1 Å². The SMILES string of the molecule is CCN(CC)c1ccc2c(-c3ccc(C(=O)O)cc3C(=O)O)c3ccc(=[N+](CC)CC)cc-3oc2c1. The standard InChI is InChI=1S/C29H30N2O5/c1-5-30(6-2)19-10-13-22-25(16-19)36-26-17-20(31(7-3)8-4)11-14-23(26)27(22)21-12-9-18(28(32)33)15-24(21)29(34)35/h9-17H,5-8H2,1-4H3,(H-,32,33,34,35)/p+1. The van der Waals surface area contributed by atoms with Crippen molar-refractivity contribution >= 4 is 28.6 Å². The summed E-state index contributed by atoms with van der Waals surface area (Å²) in [6.45, 7) is 11.7. The Morgan fingerprint density at radius 2 is 1.53 bits per heavy atom. The zero-order valence-electron chi connectivity index (χ0n) is 21.0. The first kappa shape index (κ1) is 25.0. The molecule has 0 spiro atoms. The maximum atomic E-state index is 12.3. The van der Waals surface area contributed by atoms with E-state index in [-0.39, 0.29) is 11.1 Å². The average molecular weight is 488 g/mol. The Kier molecular flexibility index (Phi) is 7.10. The first-order valence-corrected chi connectivity index (χ1v) is 12.3. The van der Waals surface area contributed by atoms with Gasteiger partial charge in [0, 0.05) is 47.4 Å². The summed E-state index contributed by atoms with van der Waals surface area (Å²) in [5.74, 6) is -1.72. The summed E-state index contributed by atoms with van der Waals surface area (Å²) in [4.78, 5) is 26.0. The highest BCUT2D eigenvalue weighted by Crippen LogP contribution is 2.42. The molecule has 7 heteroatoms. The summed E-state index contributed by atoms with van der Waals surface area (Å²) in [7, 11) is 0. The molecule has 2 aliphatic rings. The Morgan fingerprint density at radius 3 is 2.14 bits per heavy atom. The van der Waals surface area contributed by atoms with Gasteiger partial charge in [-0.1, -0.05) is 6.07 Å². The second kappa shape index (κ2) is 10.2. The predicted octanol–water partition coefficient (Wildman–Crippen LogP) is 5.26. The fraction of sp³-hybridized carbons (Fsp3) is 0.276. The quantitative estimate of drug-likeness (QED) is 0.260. The van der Waals surface area contributed by atoms with Gasteiger partial charge in [0.05, 0.1) is 17.2 Å². The van der Waals surface area contributed by atoms with Gasteiger partial charge in [0.25, 0.3) is 0 Å². The Morgan fingerprint density at radius 1 is 0.833 bits per heavy atom. The summed E-state index contributed by atoms with van der Waals surface area (Å²) in [5.41, 5.74) is 3.43. The molecule has 0 saturated heterocycles. The van der Waals surface area contributed by atoms with Gasteiger partial charge in [-0.2, -0.15) is 0 Å². The minimum Gasteiger partial charge on any atom is -0.478 e. The van der Waals surface area contributed by atoms with Crippen LogP contribution in [-0.2, 0) is 0 Å². The van der Waals surface area contributed by atoms with Crippen molar-refractivity contribution in [1.29, 1.82) is 0 Å². The molecule has 0 atom stereocenters. The highest BCUT2D eigenvalue weighted by molar-refractivity contribution is 6.08. The number of carbonyl (C=O) groups is 2. The molecule has 186 valence electrons. The van der Waals surface area contributed by atoms with Crippen LogP contribution >= 0.6 is 0 Å². The van der Waals surface area contributed by atoms with Crippen molar-refractivity contribution < 1.29 is 24.2 Å². The number of anilines is 1. The van der Waals surface area contributed by atoms with Crippen molar-refractivity contribution in [2.45, 2.75) is 27.7 Å². The molecule has 1 heterocycles. The molecule has 1 aliphatic heterocycles. The Balaban J connectivity index is 2.14. The third-order valence-electron chi connectivity index (χ3n) is 6.71. The first-order chi connectivity index (χ1) is 17.3. The number of rotatable bonds is 8. The van der Waals surface area contributed by atoms with Gasteiger partial charge in [-0.3, -0.25) is 0 Å². The van der Waals surface area contributed by atoms with Crippen LogP contribution < -0.4 is 14.8 Å². The van der Waals surface area contributed by atoms with E-state index < -0.39 is 11.9 Å². The Bertz CT molecular complexity index is 1490. The zero-order valence-corrected chi connectivity index (χ0v) is 21.0. The molecular weight excluding hydrogens is 456 g/mol. The summed E-state index contributed by atoms with van der Waals surface area (Å²) in [6.07, 6.45) is 0. The number of hydrogen-bond acceptors (Lipinski definition) is 4. The molecule has 1 aliphatic carbocycles. The third-order valence-corrected chi connectivity index (χ3v) is 6.71. The molecule has 2 aromatic rings. The van der Waals surface area contributed by atoms with Gasteiger partial charge in [0.15, 0.2) is 0 Å². The number of aromatic carboxylic acids is 2. The van der Waals surface area contributed by atoms with E-state index in [9.17, 15) is 19.8 Å². The van der Waals surface area contributed by atoms with Crippen molar-refractivity contribution in [1.82, 2.24) is 4.58 Å². The van der Waals surface area contributed by atoms with E-state index in [1.54, 1.807) is 6.07 Å². The van der Waals surface area contributed by atoms with Crippen LogP contribution in [0.1, 0.15) is 48.4 Å². The number of fused-ring (bicyclic) bond motifs is 2. The monoisotopic (exact) mass is 487 g/mol. The topological polar surface area (TPSA) is 94.0 Å². The smallest absolute Gasteiger partial charge is 0.336 e. The largest absolute Gasteiger partial charge is 0.478 e. The molecule has 2 aromatic carbocycles. The molecule has 0 saturated carbocycles. The Labute approximate surface area is 209 Å². The normalized spacial score (nSPS) is 11.1. The van der Waals surface area contributed by atoms with Crippen LogP contribution in [0.5, 0.6) is 0 Å². The van der Waals surface area contributed by atoms with Gasteiger partial charge < -0.3 is 19.5 Å². The second-order valence-electron chi connectivity index (χ2n) is 8.55. The van der Waals surface area contributed by atoms with E-state index in [0.29, 0.717) is 22.5 Å². The van der Waals surface area contributed by atoms with E-state index in [1.165, 1.54) is 12.1 Å². The lowest BCUT2D eigenvalue weighted by atomic mass is 9.89. The molecule has 7 nitrogen and oxygen atoms in total. The number of carboxylic acids is 2. The molecule has 36 heavy (non-hydrogen) atoms. The molecule has 0 aromatic heterocycles. The predicted molar refractivity (Wildman–Crippen MR) is 142 cm³/mol. The van der Waals surface area contributed by atoms with Crippen LogP contribution in [0.15, 0.2) is 59.0 Å². The van der Waals surface area contributed by atoms with Crippen molar-refractivity contribution in [3.63, 3.8) is 0 Å². The second-order valence-corrected chi connectivity index (χ2v) is 8.55. The van der Waals surface area contributed by atoms with Crippen LogP contribution in [0, 0.1) is 0 Å². The third kappa shape index (κ3) is 4.44. The molecular formula is C29H31N2O5+. The van der Waals surface area contributed by atoms with Gasteiger partial charge in [0.2, 0.25) is 5.36 Å². The molecule has 4 rings (SSSR count). The van der Waals surface area contributed by atoms with Crippen LogP contribution in [0.4, 0.5) is 5.69 Å². The Hall–Kier alpha value is -4.13. The minimum absolute atomic E-state index is 0.0654. The van der Waals surface area contributed by atoms with Crippen molar-refractivity contribution in [3.8, 4) is 22.5 Å². The summed E-state index contributed by atoms with van der Waals surface area (Å²) in [5, 5.41) is 21.2. The van der Waals surface area contributed by atoms with Crippen LogP contribution in [0.25, 0.3) is 33.4 Å². The highest BCUT2D eigenvalue weighted by Gasteiger charge is 2.24. The van der Waals surface area contributed by atoms with E-state index in [0.717, 1.165) is 48.2 Å². The number of hydrogen-bond donors (Lipinski definition) is 2. The summed E-state index contributed by atoms with van der Waals surface area (Å²) < 4.78 is 8.65. The van der Waals surface area contributed by atoms with E-state index >= 15 is 0 Å². The highest BCUT2D eigenvalue weighted by atomic mass is 16.4. The molecule has 0 unspecified atom stereocenters. The first-order valence-electron chi connectivity index (χ1n) is 12.3. The van der Waals surface area contributed by atoms with Gasteiger partial charge in [0.1, 0.15) is 24.4 Å². The lowest BCUT2D eigenvalue weighted by molar-refractivity contribution is 0.0696. The minimum atomic E-state index is -1.19. The van der Waals surface area contributed by atoms with E-state index in [2.05, 4.69) is 37.2 Å². The van der Waals surface area contributed by atoms with E-state index in [1.807, 2.05) is 36.4 Å². The molecule has 0 fully saturated rings. The van der Waals surface area contributed by atoms with E-state index in [4.69, 9.17) is 4.42 Å². The van der Waals surface area contributed by atoms with Crippen LogP contribution in [-0.4, -0.2) is 48.3 Å². The molecule has 0 amide bonds. The van der Waals surface area contributed by atoms with Crippen LogP contribution in [0.3, 0.4) is 0 Å². The van der Waals surface area contributed by atoms with Gasteiger partial charge in [-0.25, -0.2) is 14.2 Å². The van der Waals surface area contributed by atoms with Crippen molar-refractivity contribution in [2.24, 2.45) is 0 Å². The van der Waals surface area contributed by atoms with Gasteiger partial charge in [-0.05, 0) is 63.6 Å². The summed E-state index contributed by atoms with van der Waals surface area (Å²) in [6, 6.07) is 16.1.